The first kappa shape index (κ1) is 11.4. The van der Waals surface area contributed by atoms with E-state index in [1.807, 2.05) is 35.2 Å². The van der Waals surface area contributed by atoms with Crippen LogP contribution in [0.4, 0.5) is 0 Å². The van der Waals surface area contributed by atoms with E-state index in [2.05, 4.69) is 12.1 Å². The van der Waals surface area contributed by atoms with Gasteiger partial charge in [-0.3, -0.25) is 0 Å². The number of benzene rings is 1. The molecule has 4 heteroatoms. The highest BCUT2D eigenvalue weighted by atomic mass is 16.4. The molecule has 0 radical (unpaired) electrons. The van der Waals surface area contributed by atoms with Crippen molar-refractivity contribution in [1.82, 2.24) is 4.90 Å². The lowest BCUT2D eigenvalue weighted by atomic mass is 10.2. The molecule has 0 unspecified atom stereocenters. The Morgan fingerprint density at radius 2 is 2.07 bits per heavy atom. The SMILES string of the molecule is CCCN(Cc1ccccc1)/C(N)=N/O. The van der Waals surface area contributed by atoms with Gasteiger partial charge in [0.2, 0.25) is 5.96 Å². The molecule has 15 heavy (non-hydrogen) atoms. The van der Waals surface area contributed by atoms with Crippen LogP contribution in [0.3, 0.4) is 0 Å². The van der Waals surface area contributed by atoms with Crippen molar-refractivity contribution in [3.05, 3.63) is 35.9 Å². The van der Waals surface area contributed by atoms with E-state index in [0.29, 0.717) is 6.54 Å². The largest absolute Gasteiger partial charge is 0.408 e. The van der Waals surface area contributed by atoms with Crippen molar-refractivity contribution in [1.29, 1.82) is 0 Å². The maximum absolute atomic E-state index is 8.63. The van der Waals surface area contributed by atoms with Crippen LogP contribution in [-0.2, 0) is 6.54 Å². The van der Waals surface area contributed by atoms with Crippen LogP contribution >= 0.6 is 0 Å². The number of guanidine groups is 1. The molecule has 0 fully saturated rings. The summed E-state index contributed by atoms with van der Waals surface area (Å²) >= 11 is 0. The Morgan fingerprint density at radius 1 is 1.40 bits per heavy atom. The Hall–Kier alpha value is -1.71. The first-order chi connectivity index (χ1) is 7.27. The van der Waals surface area contributed by atoms with E-state index in [1.165, 1.54) is 0 Å². The molecule has 1 aromatic carbocycles. The quantitative estimate of drug-likeness (QED) is 0.341. The van der Waals surface area contributed by atoms with Crippen molar-refractivity contribution in [2.75, 3.05) is 6.54 Å². The summed E-state index contributed by atoms with van der Waals surface area (Å²) in [6.45, 7) is 3.51. The van der Waals surface area contributed by atoms with Gasteiger partial charge in [-0.1, -0.05) is 42.4 Å². The van der Waals surface area contributed by atoms with Crippen LogP contribution in [0.2, 0.25) is 0 Å². The van der Waals surface area contributed by atoms with Gasteiger partial charge in [0.1, 0.15) is 0 Å². The molecule has 82 valence electrons. The molecule has 1 aromatic rings. The van der Waals surface area contributed by atoms with Gasteiger partial charge in [-0.25, -0.2) is 0 Å². The molecular formula is C11H17N3O. The van der Waals surface area contributed by atoms with Crippen molar-refractivity contribution in [2.45, 2.75) is 19.9 Å². The zero-order valence-corrected chi connectivity index (χ0v) is 8.93. The smallest absolute Gasteiger partial charge is 0.233 e. The molecule has 0 saturated heterocycles. The lowest BCUT2D eigenvalue weighted by Crippen LogP contribution is -2.37. The van der Waals surface area contributed by atoms with E-state index >= 15 is 0 Å². The fourth-order valence-corrected chi connectivity index (χ4v) is 1.41. The van der Waals surface area contributed by atoms with E-state index in [0.717, 1.165) is 18.5 Å². The van der Waals surface area contributed by atoms with E-state index in [4.69, 9.17) is 10.9 Å². The van der Waals surface area contributed by atoms with Crippen molar-refractivity contribution in [3.63, 3.8) is 0 Å². The third kappa shape index (κ3) is 3.50. The van der Waals surface area contributed by atoms with Gasteiger partial charge in [-0.2, -0.15) is 0 Å². The van der Waals surface area contributed by atoms with Crippen LogP contribution in [0.15, 0.2) is 35.5 Å². The van der Waals surface area contributed by atoms with Gasteiger partial charge in [0.05, 0.1) is 0 Å². The summed E-state index contributed by atoms with van der Waals surface area (Å²) < 4.78 is 0. The minimum atomic E-state index is 0.167. The van der Waals surface area contributed by atoms with E-state index < -0.39 is 0 Å². The highest BCUT2D eigenvalue weighted by Crippen LogP contribution is 2.04. The lowest BCUT2D eigenvalue weighted by molar-refractivity contribution is 0.295. The fraction of sp³-hybridized carbons (Fsp3) is 0.364. The molecule has 0 heterocycles. The number of hydrogen-bond donors (Lipinski definition) is 2. The Labute approximate surface area is 90.0 Å². The monoisotopic (exact) mass is 207 g/mol. The fourth-order valence-electron chi connectivity index (χ4n) is 1.41. The minimum Gasteiger partial charge on any atom is -0.408 e. The summed E-state index contributed by atoms with van der Waals surface area (Å²) in [5, 5.41) is 11.7. The predicted octanol–water partition coefficient (Wildman–Crippen LogP) is 1.60. The molecule has 0 aromatic heterocycles. The van der Waals surface area contributed by atoms with Crippen LogP contribution in [0.25, 0.3) is 0 Å². The molecule has 0 aliphatic carbocycles. The van der Waals surface area contributed by atoms with E-state index in [-0.39, 0.29) is 5.96 Å². The number of rotatable bonds is 4. The number of oxime groups is 1. The van der Waals surface area contributed by atoms with Gasteiger partial charge in [-0.15, -0.1) is 0 Å². The first-order valence-corrected chi connectivity index (χ1v) is 5.04. The first-order valence-electron chi connectivity index (χ1n) is 5.04. The Morgan fingerprint density at radius 3 is 2.60 bits per heavy atom. The average Bonchev–Trinajstić information content (AvgIpc) is 2.29. The van der Waals surface area contributed by atoms with Crippen LogP contribution in [0.5, 0.6) is 0 Å². The van der Waals surface area contributed by atoms with Crippen LogP contribution in [-0.4, -0.2) is 22.6 Å². The second-order valence-corrected chi connectivity index (χ2v) is 3.37. The molecule has 0 bridgehead atoms. The molecule has 0 spiro atoms. The molecule has 4 nitrogen and oxygen atoms in total. The van der Waals surface area contributed by atoms with Gasteiger partial charge in [0.25, 0.3) is 0 Å². The molecule has 1 rings (SSSR count). The summed E-state index contributed by atoms with van der Waals surface area (Å²) in [5.41, 5.74) is 6.73. The number of nitrogens with zero attached hydrogens (tertiary/aromatic N) is 2. The highest BCUT2D eigenvalue weighted by Gasteiger charge is 2.07. The molecule has 0 amide bonds. The highest BCUT2D eigenvalue weighted by molar-refractivity contribution is 5.77. The van der Waals surface area contributed by atoms with Crippen molar-refractivity contribution < 1.29 is 5.21 Å². The predicted molar refractivity (Wildman–Crippen MR) is 60.6 cm³/mol. The standard InChI is InChI=1S/C11H17N3O/c1-2-8-14(11(12)13-15)9-10-6-4-3-5-7-10/h3-7,15H,2,8-9H2,1H3,(H2,12,13). The van der Waals surface area contributed by atoms with E-state index in [1.54, 1.807) is 0 Å². The Balaban J connectivity index is 2.67. The third-order valence-electron chi connectivity index (χ3n) is 2.14. The van der Waals surface area contributed by atoms with Crippen molar-refractivity contribution in [2.24, 2.45) is 10.9 Å². The number of hydrogen-bond acceptors (Lipinski definition) is 2. The van der Waals surface area contributed by atoms with Gasteiger partial charge in [-0.05, 0) is 12.0 Å². The summed E-state index contributed by atoms with van der Waals surface area (Å²) in [6, 6.07) is 9.97. The maximum Gasteiger partial charge on any atom is 0.233 e. The van der Waals surface area contributed by atoms with E-state index in [9.17, 15) is 0 Å². The van der Waals surface area contributed by atoms with Crippen LogP contribution in [0.1, 0.15) is 18.9 Å². The summed E-state index contributed by atoms with van der Waals surface area (Å²) in [5.74, 6) is 0.167. The van der Waals surface area contributed by atoms with Crippen molar-refractivity contribution in [3.8, 4) is 0 Å². The summed E-state index contributed by atoms with van der Waals surface area (Å²) in [7, 11) is 0. The average molecular weight is 207 g/mol. The van der Waals surface area contributed by atoms with Gasteiger partial charge < -0.3 is 15.8 Å². The summed E-state index contributed by atoms with van der Waals surface area (Å²) in [4.78, 5) is 1.84. The molecule has 0 aliphatic heterocycles. The van der Waals surface area contributed by atoms with Gasteiger partial charge in [0.15, 0.2) is 0 Å². The minimum absolute atomic E-state index is 0.167. The Kier molecular flexibility index (Phi) is 4.47. The Bertz CT molecular complexity index is 311. The molecule has 0 saturated carbocycles. The zero-order chi connectivity index (χ0) is 11.1. The molecular weight excluding hydrogens is 190 g/mol. The topological polar surface area (TPSA) is 61.8 Å². The number of nitrogens with two attached hydrogens (primary N) is 1. The second kappa shape index (κ2) is 5.90. The third-order valence-corrected chi connectivity index (χ3v) is 2.14. The zero-order valence-electron chi connectivity index (χ0n) is 8.93. The van der Waals surface area contributed by atoms with Gasteiger partial charge in [0, 0.05) is 13.1 Å². The molecule has 0 aliphatic rings. The normalized spacial score (nSPS) is 11.4. The van der Waals surface area contributed by atoms with Gasteiger partial charge >= 0.3 is 0 Å². The lowest BCUT2D eigenvalue weighted by Gasteiger charge is -2.21. The second-order valence-electron chi connectivity index (χ2n) is 3.37. The molecule has 3 N–H and O–H groups in total. The summed E-state index contributed by atoms with van der Waals surface area (Å²) in [6.07, 6.45) is 0.961. The molecule has 0 atom stereocenters. The van der Waals surface area contributed by atoms with Crippen molar-refractivity contribution >= 4 is 5.96 Å². The van der Waals surface area contributed by atoms with Crippen LogP contribution in [0, 0.1) is 0 Å². The van der Waals surface area contributed by atoms with Crippen LogP contribution < -0.4 is 5.73 Å². The maximum atomic E-state index is 8.63.